The van der Waals surface area contributed by atoms with Gasteiger partial charge in [0.2, 0.25) is 5.95 Å². The van der Waals surface area contributed by atoms with E-state index in [1.54, 1.807) is 24.4 Å². The molecule has 1 amide bonds. The lowest BCUT2D eigenvalue weighted by molar-refractivity contribution is -0.138. The molecule has 3 aromatic carbocycles. The van der Waals surface area contributed by atoms with Crippen molar-refractivity contribution in [2.45, 2.75) is 13.1 Å². The molecule has 0 aliphatic heterocycles. The Morgan fingerprint density at radius 3 is 2.59 bits per heavy atom. The third kappa shape index (κ3) is 4.43. The van der Waals surface area contributed by atoms with E-state index in [0.29, 0.717) is 11.1 Å². The van der Waals surface area contributed by atoms with Gasteiger partial charge in [0.25, 0.3) is 5.91 Å². The van der Waals surface area contributed by atoms with Crippen molar-refractivity contribution in [2.24, 2.45) is 0 Å². The van der Waals surface area contributed by atoms with E-state index in [0.717, 1.165) is 28.1 Å². The van der Waals surface area contributed by atoms with Crippen molar-refractivity contribution in [3.63, 3.8) is 0 Å². The molecule has 5 nitrogen and oxygen atoms in total. The average molecular weight is 501 g/mol. The van der Waals surface area contributed by atoms with Gasteiger partial charge >= 0.3 is 6.18 Å². The lowest BCUT2D eigenvalue weighted by Gasteiger charge is -2.13. The van der Waals surface area contributed by atoms with Crippen LogP contribution in [0.15, 0.2) is 65.3 Å². The molecule has 0 unspecified atom stereocenters. The van der Waals surface area contributed by atoms with Crippen LogP contribution in [-0.2, 0) is 6.18 Å². The second-order valence-corrected chi connectivity index (χ2v) is 8.03. The zero-order valence-electron chi connectivity index (χ0n) is 16.7. The van der Waals surface area contributed by atoms with Crippen LogP contribution in [-0.4, -0.2) is 15.9 Å². The van der Waals surface area contributed by atoms with Crippen molar-refractivity contribution in [3.8, 4) is 11.1 Å². The first kappa shape index (κ1) is 21.8. The molecule has 3 N–H and O–H groups in total. The molecule has 0 fully saturated rings. The fourth-order valence-electron chi connectivity index (χ4n) is 3.31. The maximum atomic E-state index is 13.1. The standard InChI is InChI=1S/C23H16BrF3N4O/c1-12-2-3-14(21(32)30-16-5-6-19(24)18(10-16)23(25,26)27)9-17(12)13-4-7-20-15(8-13)11-29-22(28)31-20/h2-11H,1H3,(H,30,32)(H2,28,29,31). The molecule has 4 aromatic rings. The SMILES string of the molecule is Cc1ccc(C(=O)Nc2ccc(Br)c(C(F)(F)F)c2)cc1-c1ccc2nc(N)ncc2c1. The van der Waals surface area contributed by atoms with Crippen LogP contribution in [0.1, 0.15) is 21.5 Å². The number of carbonyl (C=O) groups excluding carboxylic acids is 1. The minimum atomic E-state index is -4.54. The third-order valence-corrected chi connectivity index (χ3v) is 5.63. The molecule has 0 bridgehead atoms. The summed E-state index contributed by atoms with van der Waals surface area (Å²) in [6.07, 6.45) is -2.92. The number of fused-ring (bicyclic) bond motifs is 1. The second kappa shape index (κ2) is 8.23. The molecule has 162 valence electrons. The van der Waals surface area contributed by atoms with Gasteiger partial charge in [-0.3, -0.25) is 4.79 Å². The second-order valence-electron chi connectivity index (χ2n) is 7.18. The Balaban J connectivity index is 1.66. The van der Waals surface area contributed by atoms with Gasteiger partial charge in [-0.05, 0) is 66.1 Å². The maximum absolute atomic E-state index is 13.1. The number of amides is 1. The van der Waals surface area contributed by atoms with Gasteiger partial charge in [-0.1, -0.05) is 28.1 Å². The largest absolute Gasteiger partial charge is 0.417 e. The number of carbonyl (C=O) groups is 1. The normalized spacial score (nSPS) is 11.5. The first-order valence-electron chi connectivity index (χ1n) is 9.43. The van der Waals surface area contributed by atoms with E-state index in [4.69, 9.17) is 5.73 Å². The number of nitrogens with two attached hydrogens (primary N) is 1. The van der Waals surface area contributed by atoms with Gasteiger partial charge in [-0.15, -0.1) is 0 Å². The number of aromatic nitrogens is 2. The summed E-state index contributed by atoms with van der Waals surface area (Å²) in [5.41, 5.74) is 8.41. The summed E-state index contributed by atoms with van der Waals surface area (Å²) in [5.74, 6) is -0.333. The van der Waals surface area contributed by atoms with Crippen molar-refractivity contribution < 1.29 is 18.0 Å². The number of nitrogens with one attached hydrogen (secondary N) is 1. The Kier molecular flexibility index (Phi) is 5.60. The number of benzene rings is 3. The zero-order chi connectivity index (χ0) is 23.0. The first-order chi connectivity index (χ1) is 15.1. The van der Waals surface area contributed by atoms with E-state index in [1.165, 1.54) is 12.1 Å². The predicted molar refractivity (Wildman–Crippen MR) is 121 cm³/mol. The quantitative estimate of drug-likeness (QED) is 0.349. The number of nitrogens with zero attached hydrogens (tertiary/aromatic N) is 2. The van der Waals surface area contributed by atoms with E-state index in [9.17, 15) is 18.0 Å². The van der Waals surface area contributed by atoms with Gasteiger partial charge in [-0.25, -0.2) is 9.97 Å². The van der Waals surface area contributed by atoms with Crippen LogP contribution < -0.4 is 11.1 Å². The number of hydrogen-bond donors (Lipinski definition) is 2. The highest BCUT2D eigenvalue weighted by molar-refractivity contribution is 9.10. The fourth-order valence-corrected chi connectivity index (χ4v) is 3.78. The van der Waals surface area contributed by atoms with Gasteiger partial charge in [0.05, 0.1) is 11.1 Å². The molecule has 1 heterocycles. The molecule has 0 aliphatic carbocycles. The Morgan fingerprint density at radius 1 is 1.06 bits per heavy atom. The molecule has 0 aliphatic rings. The molecular weight excluding hydrogens is 485 g/mol. The van der Waals surface area contributed by atoms with E-state index in [1.807, 2.05) is 25.1 Å². The smallest absolute Gasteiger partial charge is 0.368 e. The number of nitrogen functional groups attached to an aromatic ring is 1. The van der Waals surface area contributed by atoms with Crippen LogP contribution >= 0.6 is 15.9 Å². The van der Waals surface area contributed by atoms with Crippen molar-refractivity contribution in [1.82, 2.24) is 9.97 Å². The van der Waals surface area contributed by atoms with E-state index < -0.39 is 17.6 Å². The highest BCUT2D eigenvalue weighted by Gasteiger charge is 2.33. The fraction of sp³-hybridized carbons (Fsp3) is 0.0870. The molecule has 0 spiro atoms. The molecule has 4 rings (SSSR count). The monoisotopic (exact) mass is 500 g/mol. The lowest BCUT2D eigenvalue weighted by Crippen LogP contribution is -2.13. The minimum absolute atomic E-state index is 0.0492. The maximum Gasteiger partial charge on any atom is 0.417 e. The number of halogens is 4. The summed E-state index contributed by atoms with van der Waals surface area (Å²) in [6.45, 7) is 1.91. The average Bonchev–Trinajstić information content (AvgIpc) is 2.74. The topological polar surface area (TPSA) is 80.9 Å². The Labute approximate surface area is 189 Å². The van der Waals surface area contributed by atoms with Crippen LogP contribution in [0.25, 0.3) is 22.0 Å². The Hall–Kier alpha value is -3.46. The molecule has 0 saturated heterocycles. The summed E-state index contributed by atoms with van der Waals surface area (Å²) in [7, 11) is 0. The minimum Gasteiger partial charge on any atom is -0.368 e. The van der Waals surface area contributed by atoms with Crippen molar-refractivity contribution in [3.05, 3.63) is 82.0 Å². The van der Waals surface area contributed by atoms with Gasteiger partial charge in [0.1, 0.15) is 0 Å². The molecule has 0 radical (unpaired) electrons. The number of hydrogen-bond acceptors (Lipinski definition) is 4. The molecule has 1 aromatic heterocycles. The summed E-state index contributed by atoms with van der Waals surface area (Å²) >= 11 is 2.89. The van der Waals surface area contributed by atoms with Crippen molar-refractivity contribution in [2.75, 3.05) is 11.1 Å². The zero-order valence-corrected chi connectivity index (χ0v) is 18.3. The number of alkyl halides is 3. The number of anilines is 2. The Bertz CT molecular complexity index is 1360. The van der Waals surface area contributed by atoms with Crippen LogP contribution in [0.3, 0.4) is 0 Å². The molecule has 9 heteroatoms. The van der Waals surface area contributed by atoms with Gasteiger partial charge < -0.3 is 11.1 Å². The van der Waals surface area contributed by atoms with Gasteiger partial charge in [0, 0.05) is 27.3 Å². The van der Waals surface area contributed by atoms with Gasteiger partial charge in [0.15, 0.2) is 0 Å². The summed E-state index contributed by atoms with van der Waals surface area (Å²) in [5, 5.41) is 3.33. The first-order valence-corrected chi connectivity index (χ1v) is 10.2. The Morgan fingerprint density at radius 2 is 1.84 bits per heavy atom. The molecule has 0 saturated carbocycles. The van der Waals surface area contributed by atoms with Gasteiger partial charge in [-0.2, -0.15) is 13.2 Å². The van der Waals surface area contributed by atoms with Crippen LogP contribution in [0, 0.1) is 6.92 Å². The predicted octanol–water partition coefficient (Wildman–Crippen LogP) is 6.22. The van der Waals surface area contributed by atoms with Crippen LogP contribution in [0.4, 0.5) is 24.8 Å². The highest BCUT2D eigenvalue weighted by atomic mass is 79.9. The third-order valence-electron chi connectivity index (χ3n) is 4.94. The highest BCUT2D eigenvalue weighted by Crippen LogP contribution is 2.36. The van der Waals surface area contributed by atoms with E-state index in [2.05, 4.69) is 31.2 Å². The van der Waals surface area contributed by atoms with Crippen molar-refractivity contribution in [1.29, 1.82) is 0 Å². The van der Waals surface area contributed by atoms with Crippen LogP contribution in [0.2, 0.25) is 0 Å². The lowest BCUT2D eigenvalue weighted by atomic mass is 9.97. The number of aryl methyl sites for hydroxylation is 1. The molecular formula is C23H16BrF3N4O. The summed E-state index contributed by atoms with van der Waals surface area (Å²) in [4.78, 5) is 20.9. The molecule has 32 heavy (non-hydrogen) atoms. The van der Waals surface area contributed by atoms with E-state index >= 15 is 0 Å². The summed E-state index contributed by atoms with van der Waals surface area (Å²) in [6, 6.07) is 14.2. The van der Waals surface area contributed by atoms with E-state index in [-0.39, 0.29) is 16.1 Å². The van der Waals surface area contributed by atoms with Crippen molar-refractivity contribution >= 4 is 44.4 Å². The summed E-state index contributed by atoms with van der Waals surface area (Å²) < 4.78 is 39.4. The molecule has 0 atom stereocenters. The number of rotatable bonds is 3. The van der Waals surface area contributed by atoms with Crippen LogP contribution in [0.5, 0.6) is 0 Å².